The Kier molecular flexibility index (Phi) is 6.06. The van der Waals surface area contributed by atoms with Gasteiger partial charge in [-0.2, -0.15) is 0 Å². The van der Waals surface area contributed by atoms with E-state index in [0.717, 1.165) is 48.5 Å². The van der Waals surface area contributed by atoms with Gasteiger partial charge in [0.15, 0.2) is 6.17 Å². The van der Waals surface area contributed by atoms with E-state index in [1.165, 1.54) is 44.9 Å². The summed E-state index contributed by atoms with van der Waals surface area (Å²) in [6, 6.07) is 6.11. The molecule has 1 aromatic carbocycles. The average Bonchev–Trinajstić information content (AvgIpc) is 3.19. The molecule has 4 fully saturated rings. The Balaban J connectivity index is 1.46. The first-order valence-corrected chi connectivity index (χ1v) is 12.5. The lowest BCUT2D eigenvalue weighted by molar-refractivity contribution is -0.132. The smallest absolute Gasteiger partial charge is 0.266 e. The second-order valence-corrected chi connectivity index (χ2v) is 10.4. The fourth-order valence-corrected chi connectivity index (χ4v) is 6.36. The van der Waals surface area contributed by atoms with E-state index in [1.807, 2.05) is 24.0 Å². The summed E-state index contributed by atoms with van der Waals surface area (Å²) in [5.74, 6) is 1.32. The molecule has 2 N–H and O–H groups in total. The molecule has 172 valence electrons. The van der Waals surface area contributed by atoms with Crippen LogP contribution in [0.5, 0.6) is 0 Å². The zero-order valence-electron chi connectivity index (χ0n) is 19.3. The molecule has 0 unspecified atom stereocenters. The number of nitrogens with two attached hydrogens (primary N) is 1. The Hall–Kier alpha value is -2.21. The summed E-state index contributed by atoms with van der Waals surface area (Å²) in [5, 5.41) is 0. The van der Waals surface area contributed by atoms with Gasteiger partial charge in [0, 0.05) is 30.3 Å². The van der Waals surface area contributed by atoms with Gasteiger partial charge in [-0.25, -0.2) is 0 Å². The predicted octanol–water partition coefficient (Wildman–Crippen LogP) is 3.64. The number of carbonyl (C=O) groups is 2. The Morgan fingerprint density at radius 2 is 1.69 bits per heavy atom. The molecule has 2 amide bonds. The van der Waals surface area contributed by atoms with Gasteiger partial charge in [0.05, 0.1) is 5.69 Å². The van der Waals surface area contributed by atoms with Crippen LogP contribution >= 0.6 is 0 Å². The van der Waals surface area contributed by atoms with Gasteiger partial charge in [0.1, 0.15) is 6.54 Å². The maximum Gasteiger partial charge on any atom is 0.266 e. The van der Waals surface area contributed by atoms with Crippen molar-refractivity contribution < 1.29 is 9.59 Å². The lowest BCUT2D eigenvalue weighted by Gasteiger charge is -2.30. The lowest BCUT2D eigenvalue weighted by atomic mass is 9.82. The maximum atomic E-state index is 13.5. The number of fused-ring (bicyclic) bond motifs is 5. The molecular formula is C26H36N4O2. The average molecular weight is 437 g/mol. The highest BCUT2D eigenvalue weighted by molar-refractivity contribution is 6.15. The van der Waals surface area contributed by atoms with Crippen LogP contribution in [0.25, 0.3) is 0 Å². The van der Waals surface area contributed by atoms with Crippen LogP contribution in [0.3, 0.4) is 0 Å². The fourth-order valence-electron chi connectivity index (χ4n) is 6.36. The minimum absolute atomic E-state index is 0.0414. The van der Waals surface area contributed by atoms with Crippen LogP contribution in [-0.2, 0) is 9.59 Å². The first kappa shape index (κ1) is 21.6. The van der Waals surface area contributed by atoms with Gasteiger partial charge in [0.2, 0.25) is 5.91 Å². The molecule has 0 spiro atoms. The van der Waals surface area contributed by atoms with Crippen molar-refractivity contribution >= 4 is 23.2 Å². The zero-order chi connectivity index (χ0) is 22.2. The molecule has 2 bridgehead atoms. The predicted molar refractivity (Wildman–Crippen MR) is 127 cm³/mol. The molecule has 0 radical (unpaired) electrons. The number of hydrogen-bond donors (Lipinski definition) is 1. The Labute approximate surface area is 191 Å². The van der Waals surface area contributed by atoms with E-state index >= 15 is 0 Å². The molecule has 3 heterocycles. The van der Waals surface area contributed by atoms with E-state index in [9.17, 15) is 9.59 Å². The van der Waals surface area contributed by atoms with Crippen LogP contribution in [0.1, 0.15) is 68.9 Å². The van der Waals surface area contributed by atoms with Crippen molar-refractivity contribution in [3.8, 4) is 0 Å². The van der Waals surface area contributed by atoms with Gasteiger partial charge < -0.3 is 10.6 Å². The number of nitrogens with zero attached hydrogens (tertiary/aromatic N) is 3. The van der Waals surface area contributed by atoms with Crippen LogP contribution in [-0.4, -0.2) is 48.2 Å². The SMILES string of the molecule is Cc1cccc2c1N(CC(=O)N1CC3CCC(CC3)C1)C(=O)[C@@H](N)N=C2C1CCCCC1. The second-order valence-electron chi connectivity index (χ2n) is 10.4. The Morgan fingerprint density at radius 3 is 2.34 bits per heavy atom. The third-order valence-electron chi connectivity index (χ3n) is 8.14. The number of benzene rings is 1. The summed E-state index contributed by atoms with van der Waals surface area (Å²) >= 11 is 0. The molecule has 6 heteroatoms. The van der Waals surface area contributed by atoms with Crippen LogP contribution in [0.2, 0.25) is 0 Å². The van der Waals surface area contributed by atoms with Crippen molar-refractivity contribution in [3.05, 3.63) is 29.3 Å². The third kappa shape index (κ3) is 4.09. The topological polar surface area (TPSA) is 79.0 Å². The summed E-state index contributed by atoms with van der Waals surface area (Å²) in [7, 11) is 0. The van der Waals surface area contributed by atoms with Gasteiger partial charge in [-0.15, -0.1) is 0 Å². The van der Waals surface area contributed by atoms with Crippen LogP contribution in [0, 0.1) is 24.7 Å². The highest BCUT2D eigenvalue weighted by atomic mass is 16.2. The number of aryl methyl sites for hydroxylation is 1. The molecule has 32 heavy (non-hydrogen) atoms. The molecule has 2 aliphatic carbocycles. The van der Waals surface area contributed by atoms with Crippen molar-refractivity contribution in [1.29, 1.82) is 0 Å². The second kappa shape index (κ2) is 8.97. The molecule has 2 saturated heterocycles. The third-order valence-corrected chi connectivity index (χ3v) is 8.14. The number of hydrogen-bond acceptors (Lipinski definition) is 4. The summed E-state index contributed by atoms with van der Waals surface area (Å²) in [6.45, 7) is 3.73. The van der Waals surface area contributed by atoms with Gasteiger partial charge in [0.25, 0.3) is 5.91 Å². The molecule has 5 aliphatic rings. The number of amides is 2. The van der Waals surface area contributed by atoms with Gasteiger partial charge >= 0.3 is 0 Å². The normalized spacial score (nSPS) is 28.8. The van der Waals surface area contributed by atoms with Crippen molar-refractivity contribution in [3.63, 3.8) is 0 Å². The first-order chi connectivity index (χ1) is 15.5. The molecule has 1 aromatic rings. The fraction of sp³-hybridized carbons (Fsp3) is 0.654. The Morgan fingerprint density at radius 1 is 1.03 bits per heavy atom. The summed E-state index contributed by atoms with van der Waals surface area (Å²) in [5.41, 5.74) is 10.1. The van der Waals surface area contributed by atoms with Crippen LogP contribution < -0.4 is 10.6 Å². The van der Waals surface area contributed by atoms with Gasteiger partial charge in [-0.3, -0.25) is 19.5 Å². The minimum Gasteiger partial charge on any atom is -0.341 e. The zero-order valence-corrected chi connectivity index (χ0v) is 19.3. The maximum absolute atomic E-state index is 13.5. The lowest BCUT2D eigenvalue weighted by Crippen LogP contribution is -2.49. The molecule has 3 aliphatic heterocycles. The van der Waals surface area contributed by atoms with Crippen molar-refractivity contribution in [1.82, 2.24) is 4.90 Å². The van der Waals surface area contributed by atoms with E-state index in [2.05, 4.69) is 6.07 Å². The largest absolute Gasteiger partial charge is 0.341 e. The van der Waals surface area contributed by atoms with Crippen molar-refractivity contribution in [2.45, 2.75) is 70.9 Å². The molecule has 6 rings (SSSR count). The number of anilines is 1. The molecule has 0 aromatic heterocycles. The molecular weight excluding hydrogens is 400 g/mol. The summed E-state index contributed by atoms with van der Waals surface area (Å²) < 4.78 is 0. The van der Waals surface area contributed by atoms with E-state index < -0.39 is 6.17 Å². The Bertz CT molecular complexity index is 898. The summed E-state index contributed by atoms with van der Waals surface area (Å²) in [6.07, 6.45) is 9.75. The first-order valence-electron chi connectivity index (χ1n) is 12.5. The standard InChI is InChI=1S/C26H36N4O2/c1-17-6-5-9-21-23(20-7-3-2-4-8-20)28-25(27)26(32)30(24(17)21)16-22(31)29-14-18-10-11-19(15-29)13-12-18/h5-6,9,18-20,25H,2-4,7-8,10-16,27H2,1H3/t18?,19?,25-/m0/s1. The molecule has 1 atom stereocenters. The van der Waals surface area contributed by atoms with Crippen molar-refractivity contribution in [2.24, 2.45) is 28.5 Å². The quantitative estimate of drug-likeness (QED) is 0.786. The number of aliphatic imine (C=N–C) groups is 1. The highest BCUT2D eigenvalue weighted by Gasteiger charge is 2.37. The van der Waals surface area contributed by atoms with Crippen LogP contribution in [0.4, 0.5) is 5.69 Å². The number of carbonyl (C=O) groups excluding carboxylic acids is 2. The van der Waals surface area contributed by atoms with Crippen LogP contribution in [0.15, 0.2) is 23.2 Å². The van der Waals surface area contributed by atoms with E-state index in [1.54, 1.807) is 4.90 Å². The highest BCUT2D eigenvalue weighted by Crippen LogP contribution is 2.37. The molecule has 2 saturated carbocycles. The van der Waals surface area contributed by atoms with E-state index in [4.69, 9.17) is 10.7 Å². The van der Waals surface area contributed by atoms with E-state index in [-0.39, 0.29) is 18.4 Å². The van der Waals surface area contributed by atoms with E-state index in [0.29, 0.717) is 17.8 Å². The van der Waals surface area contributed by atoms with Crippen molar-refractivity contribution in [2.75, 3.05) is 24.5 Å². The minimum atomic E-state index is -0.952. The number of para-hydroxylation sites is 1. The number of benzodiazepines with no additional fused rings is 1. The summed E-state index contributed by atoms with van der Waals surface area (Å²) in [4.78, 5) is 35.3. The number of rotatable bonds is 3. The van der Waals surface area contributed by atoms with Gasteiger partial charge in [-0.05, 0) is 62.8 Å². The van der Waals surface area contributed by atoms with Gasteiger partial charge in [-0.1, -0.05) is 37.5 Å². The monoisotopic (exact) mass is 436 g/mol. The molecule has 6 nitrogen and oxygen atoms in total.